The number of halogens is 4. The molecule has 0 saturated carbocycles. The van der Waals surface area contributed by atoms with Gasteiger partial charge in [-0.05, 0) is 46.2 Å². The van der Waals surface area contributed by atoms with Crippen molar-refractivity contribution in [1.29, 1.82) is 0 Å². The highest BCUT2D eigenvalue weighted by molar-refractivity contribution is 6.31. The Kier molecular flexibility index (Phi) is 3.38. The number of benzene rings is 3. The zero-order valence-electron chi connectivity index (χ0n) is 10.8. The molecule has 0 saturated heterocycles. The molecule has 0 radical (unpaired) electrons. The van der Waals surface area contributed by atoms with Gasteiger partial charge in [0.15, 0.2) is 0 Å². The zero-order chi connectivity index (χ0) is 15.0. The third-order valence-corrected chi connectivity index (χ3v) is 3.56. The Labute approximate surface area is 124 Å². The predicted octanol–water partition coefficient (Wildman–Crippen LogP) is 6.18. The Morgan fingerprint density at radius 3 is 2.14 bits per heavy atom. The number of alkyl halides is 3. The van der Waals surface area contributed by atoms with Crippen LogP contribution < -0.4 is 0 Å². The van der Waals surface area contributed by atoms with Crippen LogP contribution in [-0.2, 0) is 6.18 Å². The first-order chi connectivity index (χ1) is 9.95. The van der Waals surface area contributed by atoms with Crippen LogP contribution in [0.15, 0.2) is 60.7 Å². The van der Waals surface area contributed by atoms with Gasteiger partial charge in [0.25, 0.3) is 0 Å². The fourth-order valence-electron chi connectivity index (χ4n) is 2.36. The third kappa shape index (κ3) is 2.74. The minimum atomic E-state index is -4.41. The molecule has 3 rings (SSSR count). The summed E-state index contributed by atoms with van der Waals surface area (Å²) in [5.41, 5.74) is 0.0723. The Hall–Kier alpha value is -2.00. The van der Waals surface area contributed by atoms with Crippen LogP contribution in [0.1, 0.15) is 5.56 Å². The largest absolute Gasteiger partial charge is 0.417 e. The molecule has 21 heavy (non-hydrogen) atoms. The van der Waals surface area contributed by atoms with Crippen LogP contribution in [0.2, 0.25) is 5.02 Å². The summed E-state index contributed by atoms with van der Waals surface area (Å²) >= 11 is 5.86. The van der Waals surface area contributed by atoms with Crippen LogP contribution in [-0.4, -0.2) is 0 Å². The van der Waals surface area contributed by atoms with E-state index in [4.69, 9.17) is 11.6 Å². The standard InChI is InChI=1S/C17H10ClF3/c18-14-7-6-12-9-15(11-4-2-1-3-5-11)16(17(19,20)21)10-13(12)8-14/h1-10H. The maximum absolute atomic E-state index is 13.3. The van der Waals surface area contributed by atoms with Crippen LogP contribution in [0, 0.1) is 0 Å². The van der Waals surface area contributed by atoms with Gasteiger partial charge in [0.1, 0.15) is 0 Å². The molecule has 4 heteroatoms. The monoisotopic (exact) mass is 306 g/mol. The van der Waals surface area contributed by atoms with Crippen molar-refractivity contribution in [1.82, 2.24) is 0 Å². The summed E-state index contributed by atoms with van der Waals surface area (Å²) in [6.07, 6.45) is -4.41. The summed E-state index contributed by atoms with van der Waals surface area (Å²) in [6, 6.07) is 16.2. The van der Waals surface area contributed by atoms with Crippen LogP contribution in [0.4, 0.5) is 13.2 Å². The van der Waals surface area contributed by atoms with Crippen LogP contribution in [0.5, 0.6) is 0 Å². The first-order valence-electron chi connectivity index (χ1n) is 6.31. The van der Waals surface area contributed by atoms with E-state index in [-0.39, 0.29) is 5.56 Å². The Morgan fingerprint density at radius 1 is 0.762 bits per heavy atom. The lowest BCUT2D eigenvalue weighted by Crippen LogP contribution is -2.07. The quantitative estimate of drug-likeness (QED) is 0.503. The summed E-state index contributed by atoms with van der Waals surface area (Å²) in [6.45, 7) is 0. The molecule has 0 fully saturated rings. The zero-order valence-corrected chi connectivity index (χ0v) is 11.5. The molecule has 0 spiro atoms. The van der Waals surface area contributed by atoms with Crippen molar-refractivity contribution in [3.05, 3.63) is 71.2 Å². The van der Waals surface area contributed by atoms with E-state index in [1.165, 1.54) is 0 Å². The molecule has 0 bridgehead atoms. The van der Waals surface area contributed by atoms with Gasteiger partial charge in [-0.2, -0.15) is 13.2 Å². The second kappa shape index (κ2) is 5.08. The van der Waals surface area contributed by atoms with Crippen molar-refractivity contribution < 1.29 is 13.2 Å². The molecule has 0 N–H and O–H groups in total. The molecule has 0 atom stereocenters. The molecule has 3 aromatic rings. The summed E-state index contributed by atoms with van der Waals surface area (Å²) in [5, 5.41) is 1.63. The number of fused-ring (bicyclic) bond motifs is 1. The summed E-state index contributed by atoms with van der Waals surface area (Å²) < 4.78 is 40.0. The summed E-state index contributed by atoms with van der Waals surface area (Å²) in [5.74, 6) is 0. The van der Waals surface area contributed by atoms with Gasteiger partial charge in [-0.3, -0.25) is 0 Å². The normalized spacial score (nSPS) is 11.8. The van der Waals surface area contributed by atoms with Gasteiger partial charge >= 0.3 is 6.18 Å². The topological polar surface area (TPSA) is 0 Å². The second-order valence-electron chi connectivity index (χ2n) is 4.75. The second-order valence-corrected chi connectivity index (χ2v) is 5.19. The van der Waals surface area contributed by atoms with Crippen molar-refractivity contribution in [3.8, 4) is 11.1 Å². The van der Waals surface area contributed by atoms with E-state index < -0.39 is 11.7 Å². The minimum absolute atomic E-state index is 0.179. The number of rotatable bonds is 1. The Balaban J connectivity index is 2.34. The predicted molar refractivity (Wildman–Crippen MR) is 79.4 cm³/mol. The van der Waals surface area contributed by atoms with E-state index in [1.54, 1.807) is 54.6 Å². The molecular weight excluding hydrogens is 297 g/mol. The van der Waals surface area contributed by atoms with Gasteiger partial charge in [-0.25, -0.2) is 0 Å². The SMILES string of the molecule is FC(F)(F)c1cc2cc(Cl)ccc2cc1-c1ccccc1. The van der Waals surface area contributed by atoms with Gasteiger partial charge < -0.3 is 0 Å². The smallest absolute Gasteiger partial charge is 0.166 e. The first-order valence-corrected chi connectivity index (χ1v) is 6.69. The molecular formula is C17H10ClF3. The van der Waals surface area contributed by atoms with Gasteiger partial charge in [0, 0.05) is 5.02 Å². The van der Waals surface area contributed by atoms with Crippen molar-refractivity contribution in [2.75, 3.05) is 0 Å². The lowest BCUT2D eigenvalue weighted by Gasteiger charge is -2.15. The van der Waals surface area contributed by atoms with Crippen molar-refractivity contribution in [2.24, 2.45) is 0 Å². The van der Waals surface area contributed by atoms with Crippen molar-refractivity contribution in [2.45, 2.75) is 6.18 Å². The summed E-state index contributed by atoms with van der Waals surface area (Å²) in [4.78, 5) is 0. The Bertz CT molecular complexity index is 792. The average Bonchev–Trinajstić information content (AvgIpc) is 2.46. The van der Waals surface area contributed by atoms with E-state index in [9.17, 15) is 13.2 Å². The highest BCUT2D eigenvalue weighted by Gasteiger charge is 2.34. The van der Waals surface area contributed by atoms with E-state index in [2.05, 4.69) is 0 Å². The van der Waals surface area contributed by atoms with Gasteiger partial charge in [-0.15, -0.1) is 0 Å². The van der Waals surface area contributed by atoms with Gasteiger partial charge in [-0.1, -0.05) is 48.0 Å². The van der Waals surface area contributed by atoms with Gasteiger partial charge in [0.05, 0.1) is 5.56 Å². The molecule has 3 aromatic carbocycles. The van der Waals surface area contributed by atoms with E-state index in [1.807, 2.05) is 0 Å². The molecule has 0 heterocycles. The van der Waals surface area contributed by atoms with Crippen LogP contribution >= 0.6 is 11.6 Å². The Morgan fingerprint density at radius 2 is 1.48 bits per heavy atom. The lowest BCUT2D eigenvalue weighted by atomic mass is 9.95. The molecule has 0 aromatic heterocycles. The molecule has 0 aliphatic heterocycles. The van der Waals surface area contributed by atoms with Crippen molar-refractivity contribution >= 4 is 22.4 Å². The highest BCUT2D eigenvalue weighted by atomic mass is 35.5. The fourth-order valence-corrected chi connectivity index (χ4v) is 2.54. The van der Waals surface area contributed by atoms with E-state index in [0.717, 1.165) is 11.5 Å². The summed E-state index contributed by atoms with van der Waals surface area (Å²) in [7, 11) is 0. The van der Waals surface area contributed by atoms with Crippen LogP contribution in [0.25, 0.3) is 21.9 Å². The maximum Gasteiger partial charge on any atom is 0.417 e. The molecule has 0 amide bonds. The third-order valence-electron chi connectivity index (χ3n) is 3.33. The first kappa shape index (κ1) is 14.0. The molecule has 0 unspecified atom stereocenters. The molecule has 0 aliphatic carbocycles. The van der Waals surface area contributed by atoms with Crippen LogP contribution in [0.3, 0.4) is 0 Å². The average molecular weight is 307 g/mol. The minimum Gasteiger partial charge on any atom is -0.166 e. The van der Waals surface area contributed by atoms with E-state index in [0.29, 0.717) is 16.0 Å². The number of hydrogen-bond acceptors (Lipinski definition) is 0. The molecule has 0 aliphatic rings. The van der Waals surface area contributed by atoms with Crippen molar-refractivity contribution in [3.63, 3.8) is 0 Å². The van der Waals surface area contributed by atoms with E-state index >= 15 is 0 Å². The number of hydrogen-bond donors (Lipinski definition) is 0. The fraction of sp³-hybridized carbons (Fsp3) is 0.0588. The highest BCUT2D eigenvalue weighted by Crippen LogP contribution is 2.39. The molecule has 0 nitrogen and oxygen atoms in total. The molecule has 106 valence electrons. The lowest BCUT2D eigenvalue weighted by molar-refractivity contribution is -0.137. The maximum atomic E-state index is 13.3. The van der Waals surface area contributed by atoms with Gasteiger partial charge in [0.2, 0.25) is 0 Å².